The quantitative estimate of drug-likeness (QED) is 0.908. The van der Waals surface area contributed by atoms with E-state index in [1.807, 2.05) is 37.3 Å². The van der Waals surface area contributed by atoms with Crippen molar-refractivity contribution in [3.63, 3.8) is 0 Å². The van der Waals surface area contributed by atoms with Gasteiger partial charge in [-0.1, -0.05) is 30.3 Å². The first-order valence-corrected chi connectivity index (χ1v) is 8.31. The molecule has 1 aliphatic heterocycles. The first-order chi connectivity index (χ1) is 11.5. The van der Waals surface area contributed by atoms with Crippen LogP contribution in [0.15, 0.2) is 40.8 Å². The van der Waals surface area contributed by atoms with Gasteiger partial charge in [-0.2, -0.15) is 0 Å². The monoisotopic (exact) mass is 329 g/mol. The Hall–Kier alpha value is -2.11. The lowest BCUT2D eigenvalue weighted by Gasteiger charge is -2.24. The summed E-state index contributed by atoms with van der Waals surface area (Å²) in [5.41, 5.74) is 0.340. The van der Waals surface area contributed by atoms with Crippen molar-refractivity contribution in [2.24, 2.45) is 0 Å². The predicted octanol–water partition coefficient (Wildman–Crippen LogP) is 2.60. The Balaban J connectivity index is 1.86. The number of aliphatic hydroxyl groups excluding tert-OH is 1. The molecule has 5 heteroatoms. The molecule has 2 aromatic rings. The first-order valence-electron chi connectivity index (χ1n) is 8.31. The highest BCUT2D eigenvalue weighted by molar-refractivity contribution is 5.99. The molecule has 0 radical (unpaired) electrons. The number of aryl methyl sites for hydroxylation is 1. The van der Waals surface area contributed by atoms with E-state index in [9.17, 15) is 15.0 Å². The van der Waals surface area contributed by atoms with Crippen molar-refractivity contribution in [1.29, 1.82) is 0 Å². The molecule has 24 heavy (non-hydrogen) atoms. The number of carbonyl (C=O) groups is 1. The van der Waals surface area contributed by atoms with Crippen LogP contribution >= 0.6 is 0 Å². The Bertz CT molecular complexity index is 709. The van der Waals surface area contributed by atoms with Gasteiger partial charge in [0.05, 0.1) is 17.8 Å². The van der Waals surface area contributed by atoms with E-state index in [0.717, 1.165) is 5.56 Å². The van der Waals surface area contributed by atoms with Crippen LogP contribution in [0.4, 0.5) is 0 Å². The van der Waals surface area contributed by atoms with Crippen molar-refractivity contribution in [3.8, 4) is 11.3 Å². The molecule has 0 saturated carbocycles. The van der Waals surface area contributed by atoms with Gasteiger partial charge in [0.2, 0.25) is 0 Å². The molecule has 1 aromatic heterocycles. The molecule has 2 N–H and O–H groups in total. The minimum atomic E-state index is -1.08. The highest BCUT2D eigenvalue weighted by atomic mass is 16.3. The molecule has 1 fully saturated rings. The van der Waals surface area contributed by atoms with E-state index in [2.05, 4.69) is 0 Å². The van der Waals surface area contributed by atoms with E-state index in [-0.39, 0.29) is 12.5 Å². The fraction of sp³-hybridized carbons (Fsp3) is 0.421. The smallest absolute Gasteiger partial charge is 0.257 e. The van der Waals surface area contributed by atoms with Gasteiger partial charge in [-0.25, -0.2) is 0 Å². The largest absolute Gasteiger partial charge is 0.461 e. The molecule has 1 aliphatic rings. The summed E-state index contributed by atoms with van der Waals surface area (Å²) in [4.78, 5) is 14.7. The van der Waals surface area contributed by atoms with Crippen molar-refractivity contribution in [2.75, 3.05) is 19.7 Å². The van der Waals surface area contributed by atoms with Crippen molar-refractivity contribution in [2.45, 2.75) is 31.8 Å². The average Bonchev–Trinajstić information content (AvgIpc) is 2.88. The van der Waals surface area contributed by atoms with Gasteiger partial charge >= 0.3 is 0 Å². The van der Waals surface area contributed by atoms with Crippen LogP contribution in [-0.4, -0.2) is 46.3 Å². The predicted molar refractivity (Wildman–Crippen MR) is 90.7 cm³/mol. The lowest BCUT2D eigenvalue weighted by molar-refractivity contribution is -0.0250. The topological polar surface area (TPSA) is 73.9 Å². The van der Waals surface area contributed by atoms with Gasteiger partial charge in [0.25, 0.3) is 5.91 Å². The van der Waals surface area contributed by atoms with E-state index >= 15 is 0 Å². The summed E-state index contributed by atoms with van der Waals surface area (Å²) in [5, 5.41) is 19.6. The lowest BCUT2D eigenvalue weighted by Crippen LogP contribution is -2.36. The maximum absolute atomic E-state index is 13.0. The van der Waals surface area contributed by atoms with Crippen molar-refractivity contribution < 1.29 is 19.4 Å². The SMILES string of the molecule is Cc1cc(C(=O)N2CCCC(O)(CO)CC2)c(-c2ccccc2)o1. The highest BCUT2D eigenvalue weighted by Gasteiger charge is 2.32. The van der Waals surface area contributed by atoms with Gasteiger partial charge in [-0.3, -0.25) is 4.79 Å². The number of benzene rings is 1. The van der Waals surface area contributed by atoms with Crippen LogP contribution < -0.4 is 0 Å². The van der Waals surface area contributed by atoms with Crippen molar-refractivity contribution >= 4 is 5.91 Å². The Morgan fingerprint density at radius 3 is 2.71 bits per heavy atom. The van der Waals surface area contributed by atoms with Crippen LogP contribution in [0.1, 0.15) is 35.4 Å². The number of amides is 1. The Morgan fingerprint density at radius 2 is 2.00 bits per heavy atom. The van der Waals surface area contributed by atoms with Crippen molar-refractivity contribution in [1.82, 2.24) is 4.90 Å². The fourth-order valence-electron chi connectivity index (χ4n) is 3.19. The van der Waals surface area contributed by atoms with Crippen LogP contribution in [0.3, 0.4) is 0 Å². The summed E-state index contributed by atoms with van der Waals surface area (Å²) in [5.74, 6) is 1.19. The molecule has 1 amide bonds. The molecular formula is C19H23NO4. The van der Waals surface area contributed by atoms with Gasteiger partial charge in [-0.05, 0) is 32.3 Å². The summed E-state index contributed by atoms with van der Waals surface area (Å²) in [6.45, 7) is 2.55. The molecule has 1 unspecified atom stereocenters. The normalized spacial score (nSPS) is 21.5. The van der Waals surface area contributed by atoms with Gasteiger partial charge < -0.3 is 19.5 Å². The van der Waals surface area contributed by atoms with Crippen LogP contribution in [0.5, 0.6) is 0 Å². The van der Waals surface area contributed by atoms with Crippen LogP contribution in [0, 0.1) is 6.92 Å². The van der Waals surface area contributed by atoms with E-state index < -0.39 is 5.60 Å². The zero-order chi connectivity index (χ0) is 17.2. The fourth-order valence-corrected chi connectivity index (χ4v) is 3.19. The molecule has 1 atom stereocenters. The van der Waals surface area contributed by atoms with Crippen LogP contribution in [-0.2, 0) is 0 Å². The molecule has 3 rings (SSSR count). The maximum Gasteiger partial charge on any atom is 0.257 e. The zero-order valence-electron chi connectivity index (χ0n) is 13.9. The third-order valence-corrected chi connectivity index (χ3v) is 4.62. The van der Waals surface area contributed by atoms with Crippen LogP contribution in [0.2, 0.25) is 0 Å². The third kappa shape index (κ3) is 3.37. The zero-order valence-corrected chi connectivity index (χ0v) is 13.9. The molecule has 1 saturated heterocycles. The molecule has 1 aromatic carbocycles. The van der Waals surface area contributed by atoms with Gasteiger partial charge in [0.1, 0.15) is 11.5 Å². The second-order valence-corrected chi connectivity index (χ2v) is 6.49. The maximum atomic E-state index is 13.0. The van der Waals surface area contributed by atoms with Gasteiger partial charge in [0, 0.05) is 18.7 Å². The number of aliphatic hydroxyl groups is 2. The number of hydrogen-bond acceptors (Lipinski definition) is 4. The number of furan rings is 1. The van der Waals surface area contributed by atoms with Crippen molar-refractivity contribution in [3.05, 3.63) is 47.7 Å². The van der Waals surface area contributed by atoms with E-state index in [1.165, 1.54) is 0 Å². The minimum Gasteiger partial charge on any atom is -0.461 e. The summed E-state index contributed by atoms with van der Waals surface area (Å²) >= 11 is 0. The van der Waals surface area contributed by atoms with Crippen LogP contribution in [0.25, 0.3) is 11.3 Å². The molecule has 128 valence electrons. The minimum absolute atomic E-state index is 0.0899. The second kappa shape index (κ2) is 6.79. The third-order valence-electron chi connectivity index (χ3n) is 4.62. The number of hydrogen-bond donors (Lipinski definition) is 2. The molecule has 0 aliphatic carbocycles. The van der Waals surface area contributed by atoms with Gasteiger partial charge in [-0.15, -0.1) is 0 Å². The first kappa shape index (κ1) is 16.7. The Labute approximate surface area is 141 Å². The summed E-state index contributed by atoms with van der Waals surface area (Å²) in [6, 6.07) is 11.4. The van der Waals surface area contributed by atoms with E-state index in [4.69, 9.17) is 4.42 Å². The summed E-state index contributed by atoms with van der Waals surface area (Å²) in [7, 11) is 0. The Morgan fingerprint density at radius 1 is 1.25 bits per heavy atom. The van der Waals surface area contributed by atoms with Gasteiger partial charge in [0.15, 0.2) is 0 Å². The second-order valence-electron chi connectivity index (χ2n) is 6.49. The average molecular weight is 329 g/mol. The molecular weight excluding hydrogens is 306 g/mol. The number of rotatable bonds is 3. The standard InChI is InChI=1S/C19H23NO4/c1-14-12-16(17(24-14)15-6-3-2-4-7-15)18(22)20-10-5-8-19(23,13-21)9-11-20/h2-4,6-7,12,21,23H,5,8-11,13H2,1H3. The van der Waals surface area contributed by atoms with E-state index in [1.54, 1.807) is 11.0 Å². The molecule has 0 bridgehead atoms. The molecule has 0 spiro atoms. The molecule has 2 heterocycles. The summed E-state index contributed by atoms with van der Waals surface area (Å²) < 4.78 is 5.77. The Kier molecular flexibility index (Phi) is 4.73. The molecule has 5 nitrogen and oxygen atoms in total. The van der Waals surface area contributed by atoms with E-state index in [0.29, 0.717) is 49.4 Å². The lowest BCUT2D eigenvalue weighted by atomic mass is 9.96. The number of likely N-dealkylation sites (tertiary alicyclic amines) is 1. The summed E-state index contributed by atoms with van der Waals surface area (Å²) in [6.07, 6.45) is 1.55. The highest BCUT2D eigenvalue weighted by Crippen LogP contribution is 2.29. The number of nitrogens with zero attached hydrogens (tertiary/aromatic N) is 1. The number of carbonyl (C=O) groups excluding carboxylic acids is 1.